The molecule has 5 nitrogen and oxygen atoms in total. The Morgan fingerprint density at radius 2 is 1.71 bits per heavy atom. The SMILES string of the molecule is O=C(NCCc1ccccc1)N[C@H]1CC(=O)N(c2ccccc2)C1. The van der Waals surface area contributed by atoms with Gasteiger partial charge in [-0.25, -0.2) is 4.79 Å². The highest BCUT2D eigenvalue weighted by molar-refractivity contribution is 5.96. The van der Waals surface area contributed by atoms with Crippen molar-refractivity contribution in [3.8, 4) is 0 Å². The fourth-order valence-electron chi connectivity index (χ4n) is 2.86. The quantitative estimate of drug-likeness (QED) is 0.887. The molecule has 0 unspecified atom stereocenters. The number of rotatable bonds is 5. The number of hydrogen-bond donors (Lipinski definition) is 2. The first-order chi connectivity index (χ1) is 11.7. The number of anilines is 1. The number of para-hydroxylation sites is 1. The first kappa shape index (κ1) is 16.1. The molecule has 0 aromatic heterocycles. The number of hydrogen-bond acceptors (Lipinski definition) is 2. The largest absolute Gasteiger partial charge is 0.338 e. The Morgan fingerprint density at radius 3 is 2.42 bits per heavy atom. The molecule has 1 fully saturated rings. The van der Waals surface area contributed by atoms with Crippen molar-refractivity contribution in [3.63, 3.8) is 0 Å². The van der Waals surface area contributed by atoms with Crippen LogP contribution in [0, 0.1) is 0 Å². The Kier molecular flexibility index (Phi) is 5.11. The molecule has 1 aliphatic rings. The van der Waals surface area contributed by atoms with E-state index in [0.717, 1.165) is 12.1 Å². The van der Waals surface area contributed by atoms with Gasteiger partial charge in [0.1, 0.15) is 0 Å². The Bertz CT molecular complexity index is 688. The average Bonchev–Trinajstić information content (AvgIpc) is 2.97. The molecule has 24 heavy (non-hydrogen) atoms. The lowest BCUT2D eigenvalue weighted by molar-refractivity contribution is -0.117. The molecule has 1 atom stereocenters. The van der Waals surface area contributed by atoms with E-state index in [0.29, 0.717) is 19.5 Å². The maximum absolute atomic E-state index is 12.1. The monoisotopic (exact) mass is 323 g/mol. The van der Waals surface area contributed by atoms with Gasteiger partial charge in [-0.05, 0) is 24.1 Å². The van der Waals surface area contributed by atoms with Gasteiger partial charge in [0.05, 0.1) is 6.04 Å². The molecule has 124 valence electrons. The van der Waals surface area contributed by atoms with Crippen molar-refractivity contribution >= 4 is 17.6 Å². The summed E-state index contributed by atoms with van der Waals surface area (Å²) in [5, 5.41) is 5.73. The second-order valence-electron chi connectivity index (χ2n) is 5.88. The first-order valence-corrected chi connectivity index (χ1v) is 8.16. The number of carbonyl (C=O) groups is 2. The molecule has 0 spiro atoms. The Morgan fingerprint density at radius 1 is 1.04 bits per heavy atom. The van der Waals surface area contributed by atoms with Crippen LogP contribution >= 0.6 is 0 Å². The fraction of sp³-hybridized carbons (Fsp3) is 0.263. The molecule has 0 aliphatic carbocycles. The van der Waals surface area contributed by atoms with Crippen molar-refractivity contribution in [1.29, 1.82) is 0 Å². The van der Waals surface area contributed by atoms with Gasteiger partial charge in [0, 0.05) is 25.2 Å². The third-order valence-corrected chi connectivity index (χ3v) is 4.07. The van der Waals surface area contributed by atoms with E-state index in [1.54, 1.807) is 4.90 Å². The van der Waals surface area contributed by atoms with Gasteiger partial charge in [-0.2, -0.15) is 0 Å². The maximum Gasteiger partial charge on any atom is 0.315 e. The summed E-state index contributed by atoms with van der Waals surface area (Å²) in [5.41, 5.74) is 2.06. The summed E-state index contributed by atoms with van der Waals surface area (Å²) in [6, 6.07) is 19.2. The number of nitrogens with zero attached hydrogens (tertiary/aromatic N) is 1. The average molecular weight is 323 g/mol. The third kappa shape index (κ3) is 4.13. The summed E-state index contributed by atoms with van der Waals surface area (Å²) < 4.78 is 0. The van der Waals surface area contributed by atoms with Crippen molar-refractivity contribution in [2.75, 3.05) is 18.0 Å². The lowest BCUT2D eigenvalue weighted by Gasteiger charge is -2.17. The van der Waals surface area contributed by atoms with E-state index in [2.05, 4.69) is 10.6 Å². The molecular formula is C19H21N3O2. The number of nitrogens with one attached hydrogen (secondary N) is 2. The maximum atomic E-state index is 12.1. The summed E-state index contributed by atoms with van der Waals surface area (Å²) >= 11 is 0. The van der Waals surface area contributed by atoms with Crippen molar-refractivity contribution in [3.05, 3.63) is 66.2 Å². The van der Waals surface area contributed by atoms with Crippen LogP contribution in [0.3, 0.4) is 0 Å². The van der Waals surface area contributed by atoms with Crippen LogP contribution in [0.5, 0.6) is 0 Å². The Hall–Kier alpha value is -2.82. The molecular weight excluding hydrogens is 302 g/mol. The number of carbonyl (C=O) groups excluding carboxylic acids is 2. The molecule has 3 amide bonds. The summed E-state index contributed by atoms with van der Waals surface area (Å²) in [5.74, 6) is 0.0378. The molecule has 1 heterocycles. The molecule has 1 aliphatic heterocycles. The van der Waals surface area contributed by atoms with Crippen LogP contribution in [0.1, 0.15) is 12.0 Å². The summed E-state index contributed by atoms with van der Waals surface area (Å²) in [6.45, 7) is 1.08. The fourth-order valence-corrected chi connectivity index (χ4v) is 2.86. The molecule has 1 saturated heterocycles. The second-order valence-corrected chi connectivity index (χ2v) is 5.88. The van der Waals surface area contributed by atoms with Crippen LogP contribution in [0.15, 0.2) is 60.7 Å². The van der Waals surface area contributed by atoms with Gasteiger partial charge in [0.2, 0.25) is 5.91 Å². The predicted molar refractivity (Wildman–Crippen MR) is 93.9 cm³/mol. The molecule has 0 bridgehead atoms. The molecule has 0 radical (unpaired) electrons. The normalized spacial score (nSPS) is 16.9. The third-order valence-electron chi connectivity index (χ3n) is 4.07. The van der Waals surface area contributed by atoms with E-state index in [-0.39, 0.29) is 18.0 Å². The van der Waals surface area contributed by atoms with E-state index < -0.39 is 0 Å². The van der Waals surface area contributed by atoms with Crippen LogP contribution in [0.4, 0.5) is 10.5 Å². The zero-order valence-electron chi connectivity index (χ0n) is 13.4. The molecule has 2 N–H and O–H groups in total. The summed E-state index contributed by atoms with van der Waals surface area (Å²) in [6.07, 6.45) is 1.12. The molecule has 2 aromatic carbocycles. The van der Waals surface area contributed by atoms with Gasteiger partial charge in [-0.15, -0.1) is 0 Å². The zero-order chi connectivity index (χ0) is 16.8. The lowest BCUT2D eigenvalue weighted by Crippen LogP contribution is -2.43. The van der Waals surface area contributed by atoms with Crippen molar-refractivity contribution in [1.82, 2.24) is 10.6 Å². The van der Waals surface area contributed by atoms with E-state index in [1.165, 1.54) is 5.56 Å². The van der Waals surface area contributed by atoms with Gasteiger partial charge >= 0.3 is 6.03 Å². The van der Waals surface area contributed by atoms with Crippen LogP contribution in [-0.2, 0) is 11.2 Å². The van der Waals surface area contributed by atoms with Crippen LogP contribution in [-0.4, -0.2) is 31.1 Å². The van der Waals surface area contributed by atoms with Crippen molar-refractivity contribution < 1.29 is 9.59 Å². The second kappa shape index (κ2) is 7.64. The minimum atomic E-state index is -0.223. The zero-order valence-corrected chi connectivity index (χ0v) is 13.4. The standard InChI is InChI=1S/C19H21N3O2/c23-18-13-16(14-22(18)17-9-5-2-6-10-17)21-19(24)20-12-11-15-7-3-1-4-8-15/h1-10,16H,11-14H2,(H2,20,21,24)/t16-/m0/s1. The van der Waals surface area contributed by atoms with Crippen LogP contribution < -0.4 is 15.5 Å². The van der Waals surface area contributed by atoms with E-state index in [9.17, 15) is 9.59 Å². The number of urea groups is 1. The van der Waals surface area contributed by atoms with E-state index in [4.69, 9.17) is 0 Å². The highest BCUT2D eigenvalue weighted by atomic mass is 16.2. The first-order valence-electron chi connectivity index (χ1n) is 8.16. The highest BCUT2D eigenvalue weighted by Crippen LogP contribution is 2.20. The van der Waals surface area contributed by atoms with Gasteiger partial charge in [-0.3, -0.25) is 4.79 Å². The minimum absolute atomic E-state index is 0.0378. The minimum Gasteiger partial charge on any atom is -0.338 e. The van der Waals surface area contributed by atoms with Gasteiger partial charge in [0.25, 0.3) is 0 Å². The lowest BCUT2D eigenvalue weighted by atomic mass is 10.1. The van der Waals surface area contributed by atoms with E-state index >= 15 is 0 Å². The molecule has 5 heteroatoms. The number of amides is 3. The van der Waals surface area contributed by atoms with Crippen LogP contribution in [0.2, 0.25) is 0 Å². The smallest absolute Gasteiger partial charge is 0.315 e. The van der Waals surface area contributed by atoms with Gasteiger partial charge in [-0.1, -0.05) is 48.5 Å². The summed E-state index contributed by atoms with van der Waals surface area (Å²) in [7, 11) is 0. The van der Waals surface area contributed by atoms with Gasteiger partial charge in [0.15, 0.2) is 0 Å². The highest BCUT2D eigenvalue weighted by Gasteiger charge is 2.31. The molecule has 2 aromatic rings. The predicted octanol–water partition coefficient (Wildman–Crippen LogP) is 2.33. The van der Waals surface area contributed by atoms with Gasteiger partial charge < -0.3 is 15.5 Å². The Balaban J connectivity index is 1.45. The van der Waals surface area contributed by atoms with Crippen molar-refractivity contribution in [2.24, 2.45) is 0 Å². The number of benzene rings is 2. The van der Waals surface area contributed by atoms with Crippen LogP contribution in [0.25, 0.3) is 0 Å². The topological polar surface area (TPSA) is 61.4 Å². The molecule has 3 rings (SSSR count). The molecule has 0 saturated carbocycles. The Labute approximate surface area is 141 Å². The van der Waals surface area contributed by atoms with Crippen molar-refractivity contribution in [2.45, 2.75) is 18.9 Å². The summed E-state index contributed by atoms with van der Waals surface area (Å²) in [4.78, 5) is 25.8. The van der Waals surface area contributed by atoms with E-state index in [1.807, 2.05) is 60.7 Å².